The van der Waals surface area contributed by atoms with Crippen LogP contribution in [0.3, 0.4) is 0 Å². The number of hydrogen-bond acceptors (Lipinski definition) is 6. The molecule has 2 heterocycles. The van der Waals surface area contributed by atoms with Gasteiger partial charge in [-0.25, -0.2) is 9.37 Å². The summed E-state index contributed by atoms with van der Waals surface area (Å²) in [6.45, 7) is 2.70. The van der Waals surface area contributed by atoms with Gasteiger partial charge in [-0.3, -0.25) is 4.79 Å². The fraction of sp³-hybridized carbons (Fsp3) is 0.333. The highest BCUT2D eigenvalue weighted by Gasteiger charge is 2.30. The van der Waals surface area contributed by atoms with Crippen LogP contribution in [0, 0.1) is 12.7 Å². The molecule has 1 saturated heterocycles. The van der Waals surface area contributed by atoms with Crippen LogP contribution in [0.4, 0.5) is 4.39 Å². The van der Waals surface area contributed by atoms with Crippen LogP contribution in [0.25, 0.3) is 10.6 Å². The van der Waals surface area contributed by atoms with Crippen LogP contribution in [0.15, 0.2) is 48.5 Å². The van der Waals surface area contributed by atoms with Gasteiger partial charge in [0, 0.05) is 31.1 Å². The van der Waals surface area contributed by atoms with E-state index in [-0.39, 0.29) is 11.7 Å². The zero-order valence-electron chi connectivity index (χ0n) is 18.0. The second-order valence-electron chi connectivity index (χ2n) is 7.71. The largest absolute Gasteiger partial charge is 0.497 e. The first-order valence-corrected chi connectivity index (χ1v) is 11.3. The number of carbonyl (C=O) groups excluding carboxylic acids is 1. The Kier molecular flexibility index (Phi) is 6.72. The summed E-state index contributed by atoms with van der Waals surface area (Å²) in [5.74, 6) is 0.880. The maximum atomic E-state index is 13.2. The SMILES string of the molecule is COc1cccc(O[C@H]2CCN(C(=O)c3sc(-c4ccc(F)cc4)nc3C)CC[C@@H]2O)c1. The van der Waals surface area contributed by atoms with E-state index in [0.29, 0.717) is 53.0 Å². The van der Waals surface area contributed by atoms with E-state index in [0.717, 1.165) is 5.56 Å². The number of methoxy groups -OCH3 is 1. The van der Waals surface area contributed by atoms with Crippen molar-refractivity contribution in [1.29, 1.82) is 0 Å². The molecule has 8 heteroatoms. The molecular weight excluding hydrogens is 431 g/mol. The van der Waals surface area contributed by atoms with Crippen LogP contribution in [-0.4, -0.2) is 53.3 Å². The van der Waals surface area contributed by atoms with Crippen molar-refractivity contribution in [2.45, 2.75) is 32.0 Å². The molecule has 3 aromatic rings. The quantitative estimate of drug-likeness (QED) is 0.620. The highest BCUT2D eigenvalue weighted by atomic mass is 32.1. The number of hydrogen-bond donors (Lipinski definition) is 1. The lowest BCUT2D eigenvalue weighted by atomic mass is 10.1. The zero-order valence-corrected chi connectivity index (χ0v) is 18.8. The summed E-state index contributed by atoms with van der Waals surface area (Å²) in [4.78, 5) is 20.0. The Balaban J connectivity index is 1.45. The number of likely N-dealkylation sites (tertiary alicyclic amines) is 1. The third-order valence-corrected chi connectivity index (χ3v) is 6.70. The van der Waals surface area contributed by atoms with Crippen molar-refractivity contribution in [2.75, 3.05) is 20.2 Å². The van der Waals surface area contributed by atoms with Crippen molar-refractivity contribution in [3.63, 3.8) is 0 Å². The molecule has 6 nitrogen and oxygen atoms in total. The summed E-state index contributed by atoms with van der Waals surface area (Å²) in [5, 5.41) is 11.3. The Labute approximate surface area is 190 Å². The van der Waals surface area contributed by atoms with Gasteiger partial charge in [-0.2, -0.15) is 0 Å². The highest BCUT2D eigenvalue weighted by molar-refractivity contribution is 7.17. The highest BCUT2D eigenvalue weighted by Crippen LogP contribution is 2.30. The summed E-state index contributed by atoms with van der Waals surface area (Å²) in [7, 11) is 1.59. The van der Waals surface area contributed by atoms with Crippen molar-refractivity contribution < 1.29 is 23.8 Å². The minimum Gasteiger partial charge on any atom is -0.497 e. The Morgan fingerprint density at radius 3 is 2.62 bits per heavy atom. The monoisotopic (exact) mass is 456 g/mol. The Bertz CT molecular complexity index is 1090. The number of benzene rings is 2. The maximum Gasteiger partial charge on any atom is 0.265 e. The van der Waals surface area contributed by atoms with Gasteiger partial charge in [0.25, 0.3) is 5.91 Å². The standard InChI is InChI=1S/C24H25FN2O4S/c1-15-22(32-23(26-15)16-6-8-17(25)9-7-16)24(29)27-12-10-20(28)21(11-13-27)31-19-5-3-4-18(14-19)30-2/h3-9,14,20-21,28H,10-13H2,1-2H3/t20-,21-/m0/s1. The summed E-state index contributed by atoms with van der Waals surface area (Å²) in [6.07, 6.45) is -0.177. The summed E-state index contributed by atoms with van der Waals surface area (Å²) in [6, 6.07) is 13.3. The second kappa shape index (κ2) is 9.67. The van der Waals surface area contributed by atoms with E-state index in [9.17, 15) is 14.3 Å². The molecule has 1 aliphatic heterocycles. The molecule has 0 saturated carbocycles. The third-order valence-electron chi connectivity index (χ3n) is 5.51. The van der Waals surface area contributed by atoms with Gasteiger partial charge in [0.15, 0.2) is 0 Å². The van der Waals surface area contributed by atoms with Crippen LogP contribution in [0.2, 0.25) is 0 Å². The van der Waals surface area contributed by atoms with E-state index in [4.69, 9.17) is 9.47 Å². The van der Waals surface area contributed by atoms with Crippen LogP contribution in [0.5, 0.6) is 11.5 Å². The Hall–Kier alpha value is -2.97. The molecule has 0 bridgehead atoms. The van der Waals surface area contributed by atoms with E-state index in [1.807, 2.05) is 18.2 Å². The average molecular weight is 457 g/mol. The molecule has 0 spiro atoms. The van der Waals surface area contributed by atoms with Crippen molar-refractivity contribution in [3.8, 4) is 22.1 Å². The first-order chi connectivity index (χ1) is 15.4. The molecule has 0 radical (unpaired) electrons. The molecule has 2 aromatic carbocycles. The first kappa shape index (κ1) is 22.2. The number of ether oxygens (including phenoxy) is 2. The molecule has 168 valence electrons. The number of aliphatic hydroxyl groups excluding tert-OH is 1. The number of aromatic nitrogens is 1. The molecule has 2 atom stereocenters. The number of amides is 1. The van der Waals surface area contributed by atoms with E-state index in [1.54, 1.807) is 37.1 Å². The molecule has 1 amide bonds. The summed E-state index contributed by atoms with van der Waals surface area (Å²) in [5.41, 5.74) is 1.42. The normalized spacial score (nSPS) is 18.8. The van der Waals surface area contributed by atoms with Gasteiger partial charge in [-0.05, 0) is 49.7 Å². The van der Waals surface area contributed by atoms with E-state index >= 15 is 0 Å². The predicted molar refractivity (Wildman–Crippen MR) is 121 cm³/mol. The van der Waals surface area contributed by atoms with E-state index < -0.39 is 12.2 Å². The van der Waals surface area contributed by atoms with Crippen molar-refractivity contribution in [3.05, 3.63) is 64.9 Å². The van der Waals surface area contributed by atoms with Crippen LogP contribution < -0.4 is 9.47 Å². The van der Waals surface area contributed by atoms with Crippen molar-refractivity contribution in [2.24, 2.45) is 0 Å². The topological polar surface area (TPSA) is 71.9 Å². The van der Waals surface area contributed by atoms with Gasteiger partial charge in [-0.15, -0.1) is 11.3 Å². The van der Waals surface area contributed by atoms with Gasteiger partial charge < -0.3 is 19.5 Å². The van der Waals surface area contributed by atoms with Crippen LogP contribution in [-0.2, 0) is 0 Å². The average Bonchev–Trinajstić information content (AvgIpc) is 3.10. The van der Waals surface area contributed by atoms with Gasteiger partial charge in [0.1, 0.15) is 33.3 Å². The fourth-order valence-corrected chi connectivity index (χ4v) is 4.75. The predicted octanol–water partition coefficient (Wildman–Crippen LogP) is 4.31. The summed E-state index contributed by atoms with van der Waals surface area (Å²) >= 11 is 1.30. The minimum atomic E-state index is -0.684. The fourth-order valence-electron chi connectivity index (χ4n) is 3.71. The molecule has 32 heavy (non-hydrogen) atoms. The van der Waals surface area contributed by atoms with E-state index in [2.05, 4.69) is 4.98 Å². The molecule has 1 fully saturated rings. The van der Waals surface area contributed by atoms with Crippen molar-refractivity contribution in [1.82, 2.24) is 9.88 Å². The third kappa shape index (κ3) is 4.92. The lowest BCUT2D eigenvalue weighted by molar-refractivity contribution is 0.0349. The lowest BCUT2D eigenvalue weighted by Gasteiger charge is -2.22. The number of thiazole rings is 1. The molecule has 0 aliphatic carbocycles. The number of aliphatic hydroxyl groups is 1. The number of rotatable bonds is 5. The Morgan fingerprint density at radius 2 is 1.88 bits per heavy atom. The van der Waals surface area contributed by atoms with Gasteiger partial charge >= 0.3 is 0 Å². The van der Waals surface area contributed by atoms with Crippen LogP contribution >= 0.6 is 11.3 Å². The van der Waals surface area contributed by atoms with Gasteiger partial charge in [0.05, 0.1) is 18.9 Å². The van der Waals surface area contributed by atoms with Crippen molar-refractivity contribution >= 4 is 17.2 Å². The van der Waals surface area contributed by atoms with Gasteiger partial charge in [0.2, 0.25) is 0 Å². The van der Waals surface area contributed by atoms with Crippen LogP contribution in [0.1, 0.15) is 28.2 Å². The number of nitrogens with zero attached hydrogens (tertiary/aromatic N) is 2. The van der Waals surface area contributed by atoms with Gasteiger partial charge in [-0.1, -0.05) is 6.07 Å². The molecule has 1 aliphatic rings. The van der Waals surface area contributed by atoms with E-state index in [1.165, 1.54) is 23.5 Å². The maximum absolute atomic E-state index is 13.2. The second-order valence-corrected chi connectivity index (χ2v) is 8.71. The number of aryl methyl sites for hydroxylation is 1. The molecular formula is C24H25FN2O4S. The first-order valence-electron chi connectivity index (χ1n) is 10.5. The minimum absolute atomic E-state index is 0.109. The molecule has 1 N–H and O–H groups in total. The summed E-state index contributed by atoms with van der Waals surface area (Å²) < 4.78 is 24.5. The number of carbonyl (C=O) groups is 1. The molecule has 1 aromatic heterocycles. The zero-order chi connectivity index (χ0) is 22.7. The lowest BCUT2D eigenvalue weighted by Crippen LogP contribution is -2.32. The molecule has 0 unspecified atom stereocenters. The Morgan fingerprint density at radius 1 is 1.16 bits per heavy atom. The number of halogens is 1. The molecule has 4 rings (SSSR count). The smallest absolute Gasteiger partial charge is 0.265 e.